The Balaban J connectivity index is 1.55. The van der Waals surface area contributed by atoms with E-state index in [0.29, 0.717) is 30.9 Å². The van der Waals surface area contributed by atoms with Gasteiger partial charge in [0.2, 0.25) is 5.91 Å². The van der Waals surface area contributed by atoms with Crippen LogP contribution in [0, 0.1) is 11.6 Å². The van der Waals surface area contributed by atoms with Crippen LogP contribution in [0.2, 0.25) is 0 Å². The van der Waals surface area contributed by atoms with Gasteiger partial charge in [-0.25, -0.2) is 13.6 Å². The zero-order valence-corrected chi connectivity index (χ0v) is 19.8. The third-order valence-corrected chi connectivity index (χ3v) is 7.23. The van der Waals surface area contributed by atoms with Crippen LogP contribution in [0.1, 0.15) is 31.2 Å². The smallest absolute Gasteiger partial charge is 0.319 e. The summed E-state index contributed by atoms with van der Waals surface area (Å²) >= 11 is 0. The maximum absolute atomic E-state index is 13.5. The van der Waals surface area contributed by atoms with Crippen LogP contribution in [-0.4, -0.2) is 56.2 Å². The number of amides is 3. The Morgan fingerprint density at radius 2 is 1.86 bits per heavy atom. The fourth-order valence-corrected chi connectivity index (χ4v) is 5.50. The Bertz CT molecular complexity index is 1110. The molecule has 1 saturated carbocycles. The Kier molecular flexibility index (Phi) is 7.11. The molecule has 188 valence electrons. The summed E-state index contributed by atoms with van der Waals surface area (Å²) in [7, 11) is 3.17. The Hall–Kier alpha value is -3.40. The van der Waals surface area contributed by atoms with Gasteiger partial charge in [0.1, 0.15) is 0 Å². The molecule has 3 unspecified atom stereocenters. The number of nitrogens with zero attached hydrogens (tertiary/aromatic N) is 1. The number of ether oxygens (including phenoxy) is 2. The van der Waals surface area contributed by atoms with E-state index in [4.69, 9.17) is 15.2 Å². The molecule has 1 aliphatic heterocycles. The molecule has 10 heteroatoms. The van der Waals surface area contributed by atoms with Gasteiger partial charge in [-0.15, -0.1) is 0 Å². The van der Waals surface area contributed by atoms with Crippen molar-refractivity contribution < 1.29 is 27.8 Å². The molecule has 1 saturated heterocycles. The van der Waals surface area contributed by atoms with E-state index in [-0.39, 0.29) is 35.6 Å². The highest BCUT2D eigenvalue weighted by Crippen LogP contribution is 2.50. The highest BCUT2D eigenvalue weighted by molar-refractivity contribution is 5.89. The van der Waals surface area contributed by atoms with Crippen molar-refractivity contribution in [3.63, 3.8) is 0 Å². The SMILES string of the molecule is COc1ccc(C23CCC(NC(=O)Nc4ccc(F)c(F)c4)CC2N(C(=O)CN)CC3)cc1OC. The van der Waals surface area contributed by atoms with Gasteiger partial charge < -0.3 is 30.7 Å². The van der Waals surface area contributed by atoms with E-state index in [1.807, 2.05) is 23.1 Å². The first kappa shape index (κ1) is 24.7. The molecular formula is C25H30F2N4O4. The standard InChI is InChI=1S/C25H30F2N4O4/c1-34-20-6-3-15(11-21(20)35-2)25-8-7-17(13-22(25)31(10-9-25)23(32)14-28)30-24(33)29-16-4-5-18(26)19(27)12-16/h3-6,11-12,17,22H,7-10,13-14,28H2,1-2H3,(H2,29,30,33). The number of benzene rings is 2. The summed E-state index contributed by atoms with van der Waals surface area (Å²) < 4.78 is 37.5. The molecule has 1 aliphatic carbocycles. The number of hydrogen-bond donors (Lipinski definition) is 3. The number of halogens is 2. The Labute approximate surface area is 202 Å². The monoisotopic (exact) mass is 488 g/mol. The van der Waals surface area contributed by atoms with E-state index in [1.54, 1.807) is 14.2 Å². The number of nitrogens with two attached hydrogens (primary N) is 1. The first-order chi connectivity index (χ1) is 16.8. The molecular weight excluding hydrogens is 458 g/mol. The lowest BCUT2D eigenvalue weighted by Gasteiger charge is -2.45. The fraction of sp³-hybridized carbons (Fsp3) is 0.440. The van der Waals surface area contributed by atoms with Crippen LogP contribution < -0.4 is 25.8 Å². The van der Waals surface area contributed by atoms with E-state index in [2.05, 4.69) is 10.6 Å². The lowest BCUT2D eigenvalue weighted by atomic mass is 9.65. The maximum atomic E-state index is 13.5. The average Bonchev–Trinajstić information content (AvgIpc) is 3.25. The van der Waals surface area contributed by atoms with Crippen LogP contribution >= 0.6 is 0 Å². The van der Waals surface area contributed by atoms with Crippen LogP contribution in [0.25, 0.3) is 0 Å². The molecule has 0 aromatic heterocycles. The summed E-state index contributed by atoms with van der Waals surface area (Å²) in [6.07, 6.45) is 2.72. The summed E-state index contributed by atoms with van der Waals surface area (Å²) in [6.45, 7) is 0.482. The summed E-state index contributed by atoms with van der Waals surface area (Å²) in [5, 5.41) is 5.46. The third-order valence-electron chi connectivity index (χ3n) is 7.23. The van der Waals surface area contributed by atoms with Gasteiger partial charge in [-0.2, -0.15) is 0 Å². The molecule has 8 nitrogen and oxygen atoms in total. The fourth-order valence-electron chi connectivity index (χ4n) is 5.50. The number of carbonyl (C=O) groups is 2. The van der Waals surface area contributed by atoms with Crippen LogP contribution in [-0.2, 0) is 10.2 Å². The molecule has 4 rings (SSSR count). The van der Waals surface area contributed by atoms with Crippen molar-refractivity contribution in [2.24, 2.45) is 5.73 Å². The van der Waals surface area contributed by atoms with Gasteiger partial charge in [0.25, 0.3) is 0 Å². The number of methoxy groups -OCH3 is 2. The Morgan fingerprint density at radius 3 is 2.54 bits per heavy atom. The highest BCUT2D eigenvalue weighted by atomic mass is 19.2. The molecule has 3 atom stereocenters. The van der Waals surface area contributed by atoms with E-state index in [1.165, 1.54) is 6.07 Å². The largest absolute Gasteiger partial charge is 0.493 e. The predicted molar refractivity (Wildman–Crippen MR) is 127 cm³/mol. The lowest BCUT2D eigenvalue weighted by Crippen LogP contribution is -2.54. The molecule has 35 heavy (non-hydrogen) atoms. The minimum absolute atomic E-state index is 0.0901. The number of urea groups is 1. The Morgan fingerprint density at radius 1 is 1.09 bits per heavy atom. The number of hydrogen-bond acceptors (Lipinski definition) is 5. The number of rotatable bonds is 6. The van der Waals surface area contributed by atoms with Crippen LogP contribution in [0.15, 0.2) is 36.4 Å². The first-order valence-corrected chi connectivity index (χ1v) is 11.6. The van der Waals surface area contributed by atoms with Crippen molar-refractivity contribution in [3.8, 4) is 11.5 Å². The van der Waals surface area contributed by atoms with Crippen molar-refractivity contribution in [2.45, 2.75) is 43.2 Å². The number of anilines is 1. The van der Waals surface area contributed by atoms with E-state index in [9.17, 15) is 18.4 Å². The number of nitrogens with one attached hydrogen (secondary N) is 2. The molecule has 4 N–H and O–H groups in total. The molecule has 2 aromatic carbocycles. The van der Waals surface area contributed by atoms with Gasteiger partial charge in [-0.1, -0.05) is 6.07 Å². The highest BCUT2D eigenvalue weighted by Gasteiger charge is 2.53. The normalized spacial score (nSPS) is 23.4. The summed E-state index contributed by atoms with van der Waals surface area (Å²) in [6, 6.07) is 8.11. The van der Waals surface area contributed by atoms with Crippen molar-refractivity contribution >= 4 is 17.6 Å². The van der Waals surface area contributed by atoms with Gasteiger partial charge in [-0.3, -0.25) is 4.79 Å². The summed E-state index contributed by atoms with van der Waals surface area (Å²) in [5.41, 5.74) is 6.60. The van der Waals surface area contributed by atoms with E-state index >= 15 is 0 Å². The predicted octanol–water partition coefficient (Wildman–Crippen LogP) is 3.15. The second-order valence-corrected chi connectivity index (χ2v) is 8.98. The lowest BCUT2D eigenvalue weighted by molar-refractivity contribution is -0.131. The molecule has 3 amide bonds. The van der Waals surface area contributed by atoms with Crippen molar-refractivity contribution in [1.29, 1.82) is 0 Å². The van der Waals surface area contributed by atoms with Crippen molar-refractivity contribution in [3.05, 3.63) is 53.6 Å². The van der Waals surface area contributed by atoms with Gasteiger partial charge >= 0.3 is 6.03 Å². The zero-order chi connectivity index (χ0) is 25.2. The van der Waals surface area contributed by atoms with Crippen molar-refractivity contribution in [1.82, 2.24) is 10.2 Å². The van der Waals surface area contributed by atoms with Gasteiger partial charge in [0, 0.05) is 35.8 Å². The molecule has 2 aromatic rings. The second kappa shape index (κ2) is 10.1. The van der Waals surface area contributed by atoms with E-state index < -0.39 is 17.7 Å². The number of likely N-dealkylation sites (tertiary alicyclic amines) is 1. The van der Waals surface area contributed by atoms with Gasteiger partial charge in [0.15, 0.2) is 23.1 Å². The van der Waals surface area contributed by atoms with Crippen LogP contribution in [0.3, 0.4) is 0 Å². The second-order valence-electron chi connectivity index (χ2n) is 8.98. The molecule has 0 radical (unpaired) electrons. The molecule has 0 spiro atoms. The van der Waals surface area contributed by atoms with Gasteiger partial charge in [0.05, 0.1) is 20.8 Å². The zero-order valence-electron chi connectivity index (χ0n) is 19.8. The quantitative estimate of drug-likeness (QED) is 0.579. The van der Waals surface area contributed by atoms with Crippen molar-refractivity contribution in [2.75, 3.05) is 32.6 Å². The minimum Gasteiger partial charge on any atom is -0.493 e. The summed E-state index contributed by atoms with van der Waals surface area (Å²) in [5.74, 6) is -0.916. The number of carbonyl (C=O) groups excluding carboxylic acids is 2. The van der Waals surface area contributed by atoms with Crippen LogP contribution in [0.5, 0.6) is 11.5 Å². The molecule has 2 fully saturated rings. The molecule has 2 aliphatic rings. The maximum Gasteiger partial charge on any atom is 0.319 e. The third kappa shape index (κ3) is 4.75. The van der Waals surface area contributed by atoms with Crippen LogP contribution in [0.4, 0.5) is 19.3 Å². The molecule has 0 bridgehead atoms. The minimum atomic E-state index is -1.04. The summed E-state index contributed by atoms with van der Waals surface area (Å²) in [4.78, 5) is 27.1. The molecule has 1 heterocycles. The first-order valence-electron chi connectivity index (χ1n) is 11.6. The average molecular weight is 489 g/mol. The topological polar surface area (TPSA) is 106 Å². The number of fused-ring (bicyclic) bond motifs is 1. The van der Waals surface area contributed by atoms with E-state index in [0.717, 1.165) is 30.5 Å². The van der Waals surface area contributed by atoms with Gasteiger partial charge in [-0.05, 0) is 55.5 Å².